The summed E-state index contributed by atoms with van der Waals surface area (Å²) in [5.74, 6) is 1.03. The molecule has 1 heterocycles. The minimum absolute atomic E-state index is 1.03. The Bertz CT molecular complexity index is 223. The zero-order valence-corrected chi connectivity index (χ0v) is 8.16. The van der Waals surface area contributed by atoms with Gasteiger partial charge in [-0.2, -0.15) is 0 Å². The zero-order valence-electron chi connectivity index (χ0n) is 6.00. The van der Waals surface area contributed by atoms with E-state index in [1.807, 2.05) is 31.1 Å². The van der Waals surface area contributed by atoms with Crippen LogP contribution in [-0.4, -0.2) is 19.1 Å². The fourth-order valence-electron chi connectivity index (χ4n) is 0.706. The van der Waals surface area contributed by atoms with Crippen molar-refractivity contribution >= 4 is 28.4 Å². The van der Waals surface area contributed by atoms with Crippen LogP contribution in [0.25, 0.3) is 0 Å². The predicted octanol–water partition coefficient (Wildman–Crippen LogP) is 1.75. The van der Waals surface area contributed by atoms with Gasteiger partial charge in [0.1, 0.15) is 5.82 Å². The number of aromatic nitrogens is 1. The van der Waals surface area contributed by atoms with Crippen LogP contribution >= 0.6 is 22.6 Å². The first kappa shape index (κ1) is 7.78. The molecule has 0 saturated carbocycles. The van der Waals surface area contributed by atoms with Crippen LogP contribution in [0, 0.1) is 3.57 Å². The molecule has 3 heteroatoms. The molecule has 54 valence electrons. The van der Waals surface area contributed by atoms with Crippen LogP contribution < -0.4 is 4.90 Å². The van der Waals surface area contributed by atoms with Crippen LogP contribution in [-0.2, 0) is 0 Å². The first-order valence-electron chi connectivity index (χ1n) is 2.99. The topological polar surface area (TPSA) is 16.1 Å². The van der Waals surface area contributed by atoms with E-state index in [-0.39, 0.29) is 0 Å². The molecule has 0 amide bonds. The highest BCUT2D eigenvalue weighted by Gasteiger charge is 1.99. The molecule has 0 bridgehead atoms. The molecule has 0 N–H and O–H groups in total. The average Bonchev–Trinajstić information content (AvgIpc) is 1.88. The minimum atomic E-state index is 1.03. The summed E-state index contributed by atoms with van der Waals surface area (Å²) in [6, 6.07) is 3.98. The molecule has 0 saturated heterocycles. The highest BCUT2D eigenvalue weighted by Crippen LogP contribution is 2.15. The van der Waals surface area contributed by atoms with Crippen LogP contribution in [0.4, 0.5) is 5.82 Å². The normalized spacial score (nSPS) is 9.50. The maximum absolute atomic E-state index is 4.20. The second-order valence-corrected chi connectivity index (χ2v) is 3.37. The summed E-state index contributed by atoms with van der Waals surface area (Å²) in [5, 5.41) is 0. The second-order valence-electron chi connectivity index (χ2n) is 2.20. The maximum Gasteiger partial charge on any atom is 0.141 e. The van der Waals surface area contributed by atoms with Gasteiger partial charge in [0.15, 0.2) is 0 Å². The third kappa shape index (κ3) is 1.59. The molecule has 1 aromatic heterocycles. The van der Waals surface area contributed by atoms with Crippen LogP contribution in [0.5, 0.6) is 0 Å². The van der Waals surface area contributed by atoms with Gasteiger partial charge in [0.2, 0.25) is 0 Å². The molecule has 2 nitrogen and oxygen atoms in total. The molecular formula is C7H9IN2. The summed E-state index contributed by atoms with van der Waals surface area (Å²) in [4.78, 5) is 6.20. The molecule has 1 rings (SSSR count). The van der Waals surface area contributed by atoms with Gasteiger partial charge in [-0.25, -0.2) is 4.98 Å². The van der Waals surface area contributed by atoms with Crippen LogP contribution in [0.1, 0.15) is 0 Å². The predicted molar refractivity (Wildman–Crippen MR) is 51.3 cm³/mol. The Kier molecular flexibility index (Phi) is 2.48. The second kappa shape index (κ2) is 3.18. The van der Waals surface area contributed by atoms with Gasteiger partial charge in [-0.05, 0) is 34.7 Å². The lowest BCUT2D eigenvalue weighted by Gasteiger charge is -2.11. The van der Waals surface area contributed by atoms with E-state index in [9.17, 15) is 0 Å². The monoisotopic (exact) mass is 248 g/mol. The van der Waals surface area contributed by atoms with Crippen LogP contribution in [0.2, 0.25) is 0 Å². The van der Waals surface area contributed by atoms with Crippen molar-refractivity contribution in [2.75, 3.05) is 19.0 Å². The lowest BCUT2D eigenvalue weighted by Crippen LogP contribution is -2.11. The van der Waals surface area contributed by atoms with E-state index < -0.39 is 0 Å². The number of hydrogen-bond acceptors (Lipinski definition) is 2. The number of rotatable bonds is 1. The van der Waals surface area contributed by atoms with Crippen LogP contribution in [0.3, 0.4) is 0 Å². The molecule has 0 atom stereocenters. The van der Waals surface area contributed by atoms with Crippen molar-refractivity contribution in [3.05, 3.63) is 21.9 Å². The summed E-state index contributed by atoms with van der Waals surface area (Å²) >= 11 is 2.27. The Morgan fingerprint density at radius 3 is 2.60 bits per heavy atom. The quantitative estimate of drug-likeness (QED) is 0.704. The zero-order chi connectivity index (χ0) is 7.56. The van der Waals surface area contributed by atoms with Crippen molar-refractivity contribution in [2.24, 2.45) is 0 Å². The highest BCUT2D eigenvalue weighted by atomic mass is 127. The molecule has 0 radical (unpaired) electrons. The largest absolute Gasteiger partial charge is 0.362 e. The van der Waals surface area contributed by atoms with Crippen molar-refractivity contribution in [1.82, 2.24) is 4.98 Å². The number of hydrogen-bond donors (Lipinski definition) is 0. The molecule has 0 fully saturated rings. The van der Waals surface area contributed by atoms with E-state index in [1.165, 1.54) is 3.57 Å². The van der Waals surface area contributed by atoms with E-state index in [1.54, 1.807) is 6.20 Å². The summed E-state index contributed by atoms with van der Waals surface area (Å²) < 4.78 is 1.19. The number of pyridine rings is 1. The van der Waals surface area contributed by atoms with Gasteiger partial charge < -0.3 is 4.90 Å². The van der Waals surface area contributed by atoms with Gasteiger partial charge in [0.25, 0.3) is 0 Å². The Balaban J connectivity index is 3.03. The van der Waals surface area contributed by atoms with Crippen molar-refractivity contribution in [1.29, 1.82) is 0 Å². The van der Waals surface area contributed by atoms with E-state index in [0.717, 1.165) is 5.82 Å². The van der Waals surface area contributed by atoms with Crippen molar-refractivity contribution in [3.63, 3.8) is 0 Å². The Morgan fingerprint density at radius 2 is 2.20 bits per heavy atom. The first-order valence-corrected chi connectivity index (χ1v) is 4.07. The first-order chi connectivity index (χ1) is 4.72. The molecule has 10 heavy (non-hydrogen) atoms. The van der Waals surface area contributed by atoms with Gasteiger partial charge in [0, 0.05) is 20.3 Å². The molecule has 0 aliphatic heterocycles. The van der Waals surface area contributed by atoms with Crippen LogP contribution in [0.15, 0.2) is 18.3 Å². The van der Waals surface area contributed by atoms with Gasteiger partial charge in [0.05, 0.1) is 3.57 Å². The number of halogens is 1. The SMILES string of the molecule is CN(C)c1ncccc1I. The third-order valence-corrected chi connectivity index (χ3v) is 2.00. The van der Waals surface area contributed by atoms with Gasteiger partial charge in [-0.15, -0.1) is 0 Å². The maximum atomic E-state index is 4.20. The van der Waals surface area contributed by atoms with E-state index in [2.05, 4.69) is 27.6 Å². The number of nitrogens with zero attached hydrogens (tertiary/aromatic N) is 2. The minimum Gasteiger partial charge on any atom is -0.362 e. The molecular weight excluding hydrogens is 239 g/mol. The van der Waals surface area contributed by atoms with E-state index in [4.69, 9.17) is 0 Å². The summed E-state index contributed by atoms with van der Waals surface area (Å²) in [6.45, 7) is 0. The Hall–Kier alpha value is -0.320. The average molecular weight is 248 g/mol. The third-order valence-electron chi connectivity index (χ3n) is 1.16. The smallest absolute Gasteiger partial charge is 0.141 e. The van der Waals surface area contributed by atoms with Gasteiger partial charge >= 0.3 is 0 Å². The van der Waals surface area contributed by atoms with E-state index >= 15 is 0 Å². The van der Waals surface area contributed by atoms with Gasteiger partial charge in [-0.1, -0.05) is 0 Å². The molecule has 0 aromatic carbocycles. The van der Waals surface area contributed by atoms with E-state index in [0.29, 0.717) is 0 Å². The number of anilines is 1. The van der Waals surface area contributed by atoms with Crippen molar-refractivity contribution in [3.8, 4) is 0 Å². The highest BCUT2D eigenvalue weighted by molar-refractivity contribution is 14.1. The lowest BCUT2D eigenvalue weighted by molar-refractivity contribution is 1.06. The molecule has 0 spiro atoms. The standard InChI is InChI=1S/C7H9IN2/c1-10(2)7-6(8)4-3-5-9-7/h3-5H,1-2H3. The Morgan fingerprint density at radius 1 is 1.50 bits per heavy atom. The summed E-state index contributed by atoms with van der Waals surface area (Å²) in [5.41, 5.74) is 0. The fourth-order valence-corrected chi connectivity index (χ4v) is 1.54. The fraction of sp³-hybridized carbons (Fsp3) is 0.286. The molecule has 0 aliphatic rings. The van der Waals surface area contributed by atoms with Gasteiger partial charge in [-0.3, -0.25) is 0 Å². The summed E-state index contributed by atoms with van der Waals surface area (Å²) in [7, 11) is 3.98. The molecule has 0 unspecified atom stereocenters. The van der Waals surface area contributed by atoms with Crippen molar-refractivity contribution < 1.29 is 0 Å². The molecule has 0 aliphatic carbocycles. The summed E-state index contributed by atoms with van der Waals surface area (Å²) in [6.07, 6.45) is 1.80. The molecule has 1 aromatic rings. The van der Waals surface area contributed by atoms with Crippen molar-refractivity contribution in [2.45, 2.75) is 0 Å². The lowest BCUT2D eigenvalue weighted by atomic mass is 10.4. The Labute approximate surface area is 74.4 Å².